The average molecular weight is 358 g/mol. The molecule has 3 rings (SSSR count). The van der Waals surface area contributed by atoms with Crippen LogP contribution in [-0.2, 0) is 23.0 Å². The molecule has 0 unspecified atom stereocenters. The predicted molar refractivity (Wildman–Crippen MR) is 96.6 cm³/mol. The lowest BCUT2D eigenvalue weighted by Gasteiger charge is -2.04. The molecule has 0 spiro atoms. The number of aromatic nitrogens is 1. The first-order valence-electron chi connectivity index (χ1n) is 7.58. The smallest absolute Gasteiger partial charge is 0.240 e. The van der Waals surface area contributed by atoms with Crippen molar-refractivity contribution in [1.82, 2.24) is 9.71 Å². The van der Waals surface area contributed by atoms with Crippen molar-refractivity contribution in [1.29, 1.82) is 0 Å². The van der Waals surface area contributed by atoms with Crippen LogP contribution >= 0.6 is 11.3 Å². The Balaban J connectivity index is 1.70. The van der Waals surface area contributed by atoms with Crippen LogP contribution in [0.15, 0.2) is 65.6 Å². The van der Waals surface area contributed by atoms with Gasteiger partial charge in [0.1, 0.15) is 5.01 Å². The van der Waals surface area contributed by atoms with Crippen LogP contribution in [0.5, 0.6) is 0 Å². The Bertz CT molecular complexity index is 905. The number of hydrogen-bond acceptors (Lipinski definition) is 4. The molecule has 3 aromatic rings. The largest absolute Gasteiger partial charge is 0.245 e. The van der Waals surface area contributed by atoms with Crippen molar-refractivity contribution in [2.24, 2.45) is 0 Å². The van der Waals surface area contributed by atoms with Gasteiger partial charge >= 0.3 is 0 Å². The number of benzene rings is 2. The van der Waals surface area contributed by atoms with Gasteiger partial charge in [0, 0.05) is 11.3 Å². The lowest BCUT2D eigenvalue weighted by Crippen LogP contribution is -2.23. The predicted octanol–water partition coefficient (Wildman–Crippen LogP) is 3.52. The molecule has 2 aromatic carbocycles. The fourth-order valence-corrected chi connectivity index (χ4v) is 4.49. The molecule has 0 aliphatic carbocycles. The molecule has 0 aliphatic heterocycles. The van der Waals surface area contributed by atoms with E-state index < -0.39 is 10.0 Å². The fourth-order valence-electron chi connectivity index (χ4n) is 2.35. The highest BCUT2D eigenvalue weighted by atomic mass is 32.2. The highest BCUT2D eigenvalue weighted by Crippen LogP contribution is 2.22. The highest BCUT2D eigenvalue weighted by molar-refractivity contribution is 7.89. The molecule has 0 amide bonds. The summed E-state index contributed by atoms with van der Waals surface area (Å²) in [5, 5.41) is 0.776. The van der Waals surface area contributed by atoms with Crippen molar-refractivity contribution in [2.75, 3.05) is 0 Å². The Kier molecular flexibility index (Phi) is 5.08. The van der Waals surface area contributed by atoms with Gasteiger partial charge in [0.15, 0.2) is 0 Å². The van der Waals surface area contributed by atoms with Gasteiger partial charge in [0.25, 0.3) is 0 Å². The molecule has 124 valence electrons. The third-order valence-electron chi connectivity index (χ3n) is 3.61. The van der Waals surface area contributed by atoms with Gasteiger partial charge in [0.05, 0.1) is 17.1 Å². The Morgan fingerprint density at radius 2 is 1.62 bits per heavy atom. The summed E-state index contributed by atoms with van der Waals surface area (Å²) in [5.74, 6) is 0. The summed E-state index contributed by atoms with van der Waals surface area (Å²) in [6.45, 7) is 2.17. The van der Waals surface area contributed by atoms with Gasteiger partial charge in [-0.05, 0) is 24.6 Å². The van der Waals surface area contributed by atoms with Crippen molar-refractivity contribution in [3.63, 3.8) is 0 Å². The van der Waals surface area contributed by atoms with E-state index in [1.165, 1.54) is 5.56 Å². The van der Waals surface area contributed by atoms with E-state index in [1.807, 2.05) is 25.1 Å². The third-order valence-corrected chi connectivity index (χ3v) is 6.19. The van der Waals surface area contributed by atoms with Crippen molar-refractivity contribution in [3.8, 4) is 0 Å². The van der Waals surface area contributed by atoms with Crippen molar-refractivity contribution < 1.29 is 8.42 Å². The molecule has 0 atom stereocenters. The summed E-state index contributed by atoms with van der Waals surface area (Å²) >= 11 is 1.55. The van der Waals surface area contributed by atoms with E-state index in [0.29, 0.717) is 0 Å². The number of hydrogen-bond donors (Lipinski definition) is 1. The lowest BCUT2D eigenvalue weighted by molar-refractivity contribution is 0.581. The second kappa shape index (κ2) is 7.25. The zero-order valence-electron chi connectivity index (χ0n) is 13.3. The average Bonchev–Trinajstić information content (AvgIpc) is 2.95. The van der Waals surface area contributed by atoms with E-state index in [0.717, 1.165) is 22.0 Å². The van der Waals surface area contributed by atoms with Gasteiger partial charge in [-0.1, -0.05) is 48.5 Å². The first-order chi connectivity index (χ1) is 11.5. The molecular weight excluding hydrogens is 340 g/mol. The van der Waals surface area contributed by atoms with Crippen LogP contribution in [0.4, 0.5) is 0 Å². The topological polar surface area (TPSA) is 59.1 Å². The van der Waals surface area contributed by atoms with E-state index in [9.17, 15) is 8.42 Å². The lowest BCUT2D eigenvalue weighted by atomic mass is 10.1. The quantitative estimate of drug-likeness (QED) is 0.733. The summed E-state index contributed by atoms with van der Waals surface area (Å²) in [4.78, 5) is 5.92. The number of sulfonamides is 1. The molecule has 24 heavy (non-hydrogen) atoms. The van der Waals surface area contributed by atoms with Crippen LogP contribution in [0.1, 0.15) is 21.1 Å². The zero-order chi connectivity index (χ0) is 17.0. The van der Waals surface area contributed by atoms with E-state index in [2.05, 4.69) is 21.8 Å². The molecule has 4 nitrogen and oxygen atoms in total. The van der Waals surface area contributed by atoms with Crippen molar-refractivity contribution in [2.45, 2.75) is 24.8 Å². The van der Waals surface area contributed by atoms with Crippen LogP contribution in [0.3, 0.4) is 0 Å². The van der Waals surface area contributed by atoms with Gasteiger partial charge in [-0.25, -0.2) is 18.1 Å². The Morgan fingerprint density at radius 3 is 2.29 bits per heavy atom. The number of nitrogens with one attached hydrogen (secondary N) is 1. The minimum absolute atomic E-state index is 0.206. The second-order valence-electron chi connectivity index (χ2n) is 5.42. The molecule has 1 aromatic heterocycles. The Hall–Kier alpha value is -2.02. The molecule has 0 radical (unpaired) electrons. The van der Waals surface area contributed by atoms with Crippen LogP contribution in [0.25, 0.3) is 0 Å². The molecule has 1 N–H and O–H groups in total. The van der Waals surface area contributed by atoms with Crippen molar-refractivity contribution >= 4 is 21.4 Å². The second-order valence-corrected chi connectivity index (χ2v) is 8.35. The number of aryl methyl sites for hydroxylation is 1. The van der Waals surface area contributed by atoms with Gasteiger partial charge in [-0.2, -0.15) is 0 Å². The van der Waals surface area contributed by atoms with Gasteiger partial charge < -0.3 is 0 Å². The minimum atomic E-state index is -3.50. The van der Waals surface area contributed by atoms with Crippen LogP contribution in [0.2, 0.25) is 0 Å². The summed E-state index contributed by atoms with van der Waals surface area (Å²) in [5.41, 5.74) is 2.18. The minimum Gasteiger partial charge on any atom is -0.245 e. The van der Waals surface area contributed by atoms with Gasteiger partial charge in [-0.3, -0.25) is 0 Å². The number of thiazole rings is 1. The number of rotatable bonds is 6. The molecule has 0 fully saturated rings. The van der Waals surface area contributed by atoms with E-state index >= 15 is 0 Å². The molecule has 6 heteroatoms. The monoisotopic (exact) mass is 358 g/mol. The van der Waals surface area contributed by atoms with E-state index in [4.69, 9.17) is 0 Å². The zero-order valence-corrected chi connectivity index (χ0v) is 14.9. The number of nitrogens with zero attached hydrogens (tertiary/aromatic N) is 1. The van der Waals surface area contributed by atoms with Crippen LogP contribution in [0, 0.1) is 6.92 Å². The SMILES string of the molecule is Cc1nc(CNS(=O)(=O)c2ccccc2)sc1Cc1ccccc1. The molecule has 0 saturated carbocycles. The van der Waals surface area contributed by atoms with Gasteiger partial charge in [0.2, 0.25) is 10.0 Å². The summed E-state index contributed by atoms with van der Waals surface area (Å²) in [7, 11) is -3.50. The maximum Gasteiger partial charge on any atom is 0.240 e. The summed E-state index contributed by atoms with van der Waals surface area (Å²) in [6, 6.07) is 18.5. The van der Waals surface area contributed by atoms with Crippen LogP contribution < -0.4 is 4.72 Å². The van der Waals surface area contributed by atoms with Gasteiger partial charge in [-0.15, -0.1) is 11.3 Å². The van der Waals surface area contributed by atoms with Crippen molar-refractivity contribution in [3.05, 3.63) is 81.8 Å². The van der Waals surface area contributed by atoms with E-state index in [-0.39, 0.29) is 11.4 Å². The molecule has 1 heterocycles. The maximum absolute atomic E-state index is 12.3. The Labute approximate surface area is 146 Å². The van der Waals surface area contributed by atoms with Crippen LogP contribution in [-0.4, -0.2) is 13.4 Å². The molecule has 0 saturated heterocycles. The Morgan fingerprint density at radius 1 is 1.00 bits per heavy atom. The standard InChI is InChI=1S/C18H18N2O2S2/c1-14-17(12-15-8-4-2-5-9-15)23-18(20-14)13-19-24(21,22)16-10-6-3-7-11-16/h2-11,19H,12-13H2,1H3. The molecule has 0 bridgehead atoms. The third kappa shape index (κ3) is 4.08. The van der Waals surface area contributed by atoms with E-state index in [1.54, 1.807) is 41.7 Å². The first kappa shape index (κ1) is 16.8. The maximum atomic E-state index is 12.3. The normalized spacial score (nSPS) is 11.5. The first-order valence-corrected chi connectivity index (χ1v) is 9.88. The molecular formula is C18H18N2O2S2. The molecule has 0 aliphatic rings. The summed E-state index contributed by atoms with van der Waals surface area (Å²) in [6.07, 6.45) is 0.815. The fraction of sp³-hybridized carbons (Fsp3) is 0.167. The highest BCUT2D eigenvalue weighted by Gasteiger charge is 2.15. The summed E-state index contributed by atoms with van der Waals surface area (Å²) < 4.78 is 27.1.